The van der Waals surface area contributed by atoms with Crippen LogP contribution in [-0.2, 0) is 16.1 Å². The van der Waals surface area contributed by atoms with Crippen molar-refractivity contribution >= 4 is 23.4 Å². The third-order valence-electron chi connectivity index (χ3n) is 4.32. The molecule has 3 amide bonds. The lowest BCUT2D eigenvalue weighted by atomic mass is 10.0. The summed E-state index contributed by atoms with van der Waals surface area (Å²) in [5.74, 6) is -1.72. The van der Waals surface area contributed by atoms with Crippen molar-refractivity contribution in [2.75, 3.05) is 18.4 Å². The first-order valence-electron chi connectivity index (χ1n) is 7.50. The number of carbonyl (C=O) groups is 3. The zero-order valence-electron chi connectivity index (χ0n) is 12.5. The summed E-state index contributed by atoms with van der Waals surface area (Å²) in [5, 5.41) is 18.4. The number of anilines is 1. The molecule has 2 aliphatic heterocycles. The van der Waals surface area contributed by atoms with E-state index in [9.17, 15) is 19.6 Å². The highest BCUT2D eigenvalue weighted by molar-refractivity contribution is 6.02. The van der Waals surface area contributed by atoms with Crippen molar-refractivity contribution in [1.82, 2.24) is 5.32 Å². The third-order valence-corrected chi connectivity index (χ3v) is 4.32. The first kappa shape index (κ1) is 15.6. The van der Waals surface area contributed by atoms with E-state index in [1.807, 2.05) is 0 Å². The standard InChI is InChI=1S/C15H18N4O4/c16-6-7-17-11-3-1-2-9-10(11)8-19(23,15(9)22)12-4-5-13(20)18-14(12)21/h1-3,12,17H,4-8,16H2,(H,18,20,21). The van der Waals surface area contributed by atoms with Gasteiger partial charge in [0.15, 0.2) is 6.04 Å². The summed E-state index contributed by atoms with van der Waals surface area (Å²) in [6.45, 7) is 0.818. The number of carbonyl (C=O) groups excluding carboxylic acids is 3. The van der Waals surface area contributed by atoms with E-state index < -0.39 is 28.4 Å². The van der Waals surface area contributed by atoms with Gasteiger partial charge in [-0.25, -0.2) is 4.79 Å². The SMILES string of the molecule is NCCNc1cccc2c1C[N+]([O-])(C1CCC(=O)NC1=O)C2=O. The predicted molar refractivity (Wildman–Crippen MR) is 81.8 cm³/mol. The van der Waals surface area contributed by atoms with Gasteiger partial charge in [-0.1, -0.05) is 6.07 Å². The van der Waals surface area contributed by atoms with Crippen LogP contribution >= 0.6 is 0 Å². The van der Waals surface area contributed by atoms with Gasteiger partial charge in [0.2, 0.25) is 5.91 Å². The Morgan fingerprint density at radius 3 is 2.83 bits per heavy atom. The van der Waals surface area contributed by atoms with Crippen LogP contribution < -0.4 is 16.4 Å². The van der Waals surface area contributed by atoms with E-state index in [0.29, 0.717) is 29.9 Å². The molecule has 0 bridgehead atoms. The molecule has 23 heavy (non-hydrogen) atoms. The number of hydrogen-bond acceptors (Lipinski definition) is 6. The van der Waals surface area contributed by atoms with E-state index in [1.165, 1.54) is 0 Å². The van der Waals surface area contributed by atoms with E-state index in [0.717, 1.165) is 0 Å². The van der Waals surface area contributed by atoms with Crippen molar-refractivity contribution in [3.63, 3.8) is 0 Å². The molecule has 0 saturated carbocycles. The summed E-state index contributed by atoms with van der Waals surface area (Å²) >= 11 is 0. The maximum absolute atomic E-state index is 13.2. The number of fused-ring (bicyclic) bond motifs is 1. The van der Waals surface area contributed by atoms with Crippen LogP contribution in [0.3, 0.4) is 0 Å². The van der Waals surface area contributed by atoms with E-state index in [4.69, 9.17) is 5.73 Å². The molecule has 8 nitrogen and oxygen atoms in total. The van der Waals surface area contributed by atoms with Crippen LogP contribution in [0.15, 0.2) is 18.2 Å². The Morgan fingerprint density at radius 1 is 1.35 bits per heavy atom. The van der Waals surface area contributed by atoms with Crippen molar-refractivity contribution in [2.45, 2.75) is 25.4 Å². The molecular weight excluding hydrogens is 300 g/mol. The van der Waals surface area contributed by atoms with E-state index in [1.54, 1.807) is 18.2 Å². The Hall–Kier alpha value is -2.29. The number of imide groups is 1. The number of quaternary nitrogens is 1. The second-order valence-electron chi connectivity index (χ2n) is 5.77. The largest absolute Gasteiger partial charge is 0.624 e. The number of rotatable bonds is 4. The van der Waals surface area contributed by atoms with Gasteiger partial charge in [0.1, 0.15) is 6.54 Å². The zero-order chi connectivity index (χ0) is 16.6. The molecule has 1 aromatic rings. The first-order chi connectivity index (χ1) is 11.0. The first-order valence-corrected chi connectivity index (χ1v) is 7.50. The lowest BCUT2D eigenvalue weighted by molar-refractivity contribution is -0.825. The Kier molecular flexibility index (Phi) is 3.88. The van der Waals surface area contributed by atoms with Crippen LogP contribution in [0, 0.1) is 5.21 Å². The second-order valence-corrected chi connectivity index (χ2v) is 5.77. The third kappa shape index (κ3) is 2.50. The van der Waals surface area contributed by atoms with Gasteiger partial charge in [-0.3, -0.25) is 19.6 Å². The molecule has 0 aromatic heterocycles. The van der Waals surface area contributed by atoms with Gasteiger partial charge in [-0.15, -0.1) is 0 Å². The molecule has 8 heteroatoms. The molecule has 4 N–H and O–H groups in total. The molecule has 2 unspecified atom stereocenters. The summed E-state index contributed by atoms with van der Waals surface area (Å²) < 4.78 is -1.27. The van der Waals surface area contributed by atoms with Crippen LogP contribution in [0.4, 0.5) is 5.69 Å². The van der Waals surface area contributed by atoms with Crippen LogP contribution in [0.2, 0.25) is 0 Å². The number of nitrogens with two attached hydrogens (primary N) is 1. The fraction of sp³-hybridized carbons (Fsp3) is 0.400. The molecule has 0 aliphatic carbocycles. The minimum Gasteiger partial charge on any atom is -0.624 e. The Bertz CT molecular complexity index is 690. The van der Waals surface area contributed by atoms with Gasteiger partial charge in [0, 0.05) is 37.2 Å². The fourth-order valence-electron chi connectivity index (χ4n) is 3.17. The molecule has 2 atom stereocenters. The van der Waals surface area contributed by atoms with Crippen LogP contribution in [-0.4, -0.2) is 41.5 Å². The molecular formula is C15H18N4O4. The predicted octanol–water partition coefficient (Wildman–Crippen LogP) is -0.169. The quantitative estimate of drug-likeness (QED) is 0.402. The van der Waals surface area contributed by atoms with Crippen molar-refractivity contribution in [3.8, 4) is 0 Å². The van der Waals surface area contributed by atoms with Gasteiger partial charge in [-0.05, 0) is 12.1 Å². The van der Waals surface area contributed by atoms with Crippen molar-refractivity contribution < 1.29 is 19.0 Å². The van der Waals surface area contributed by atoms with E-state index >= 15 is 0 Å². The van der Waals surface area contributed by atoms with Gasteiger partial charge < -0.3 is 16.3 Å². The van der Waals surface area contributed by atoms with Gasteiger partial charge in [0.25, 0.3) is 5.91 Å². The molecule has 3 rings (SSSR count). The number of nitrogens with one attached hydrogen (secondary N) is 2. The number of piperidine rings is 1. The number of hydrogen-bond donors (Lipinski definition) is 3. The highest BCUT2D eigenvalue weighted by Gasteiger charge is 2.49. The molecule has 0 spiro atoms. The lowest BCUT2D eigenvalue weighted by Crippen LogP contribution is -2.60. The smallest absolute Gasteiger partial charge is 0.347 e. The maximum atomic E-state index is 13.2. The summed E-state index contributed by atoms with van der Waals surface area (Å²) in [7, 11) is 0. The van der Waals surface area contributed by atoms with E-state index in [2.05, 4.69) is 10.6 Å². The molecule has 1 fully saturated rings. The van der Waals surface area contributed by atoms with Crippen molar-refractivity contribution in [1.29, 1.82) is 0 Å². The number of amides is 3. The maximum Gasteiger partial charge on any atom is 0.347 e. The minimum atomic E-state index is -1.27. The number of hydroxylamine groups is 3. The van der Waals surface area contributed by atoms with Gasteiger partial charge in [-0.2, -0.15) is 0 Å². The zero-order valence-corrected chi connectivity index (χ0v) is 12.5. The van der Waals surface area contributed by atoms with Crippen molar-refractivity contribution in [3.05, 3.63) is 34.5 Å². The topological polar surface area (TPSA) is 124 Å². The average molecular weight is 318 g/mol. The fourth-order valence-corrected chi connectivity index (χ4v) is 3.17. The van der Waals surface area contributed by atoms with Crippen LogP contribution in [0.5, 0.6) is 0 Å². The summed E-state index contributed by atoms with van der Waals surface area (Å²) in [4.78, 5) is 35.9. The Morgan fingerprint density at radius 2 is 2.13 bits per heavy atom. The van der Waals surface area contributed by atoms with Gasteiger partial charge in [0.05, 0.1) is 5.56 Å². The lowest BCUT2D eigenvalue weighted by Gasteiger charge is -2.42. The normalized spacial score (nSPS) is 26.9. The van der Waals surface area contributed by atoms with Crippen LogP contribution in [0.25, 0.3) is 0 Å². The summed E-state index contributed by atoms with van der Waals surface area (Å²) in [6.07, 6.45) is 0.153. The number of benzene rings is 1. The molecule has 1 aromatic carbocycles. The molecule has 2 heterocycles. The monoisotopic (exact) mass is 318 g/mol. The Labute approximate surface area is 132 Å². The minimum absolute atomic E-state index is 0.0700. The molecule has 1 saturated heterocycles. The van der Waals surface area contributed by atoms with Crippen LogP contribution in [0.1, 0.15) is 28.8 Å². The Balaban J connectivity index is 1.93. The summed E-state index contributed by atoms with van der Waals surface area (Å²) in [6, 6.07) is 3.97. The molecule has 2 aliphatic rings. The van der Waals surface area contributed by atoms with Crippen molar-refractivity contribution in [2.24, 2.45) is 5.73 Å². The number of nitrogens with zero attached hydrogens (tertiary/aromatic N) is 1. The highest BCUT2D eigenvalue weighted by atomic mass is 16.6. The molecule has 0 radical (unpaired) electrons. The highest BCUT2D eigenvalue weighted by Crippen LogP contribution is 2.37. The second kappa shape index (κ2) is 5.73. The van der Waals surface area contributed by atoms with E-state index in [-0.39, 0.29) is 19.4 Å². The van der Waals surface area contributed by atoms with Gasteiger partial charge >= 0.3 is 5.91 Å². The molecule has 122 valence electrons. The summed E-state index contributed by atoms with van der Waals surface area (Å²) in [5.41, 5.74) is 7.08. The average Bonchev–Trinajstić information content (AvgIpc) is 2.78.